The SMILES string of the molecule is C=CCOc1ccccc1C1C(C(=O)c2sc(C)nc2C)=C(O)C(=O)N1c1nc2ccc(Cl)cc2s1. The number of hydrogen-bond donors (Lipinski definition) is 1. The summed E-state index contributed by atoms with van der Waals surface area (Å²) in [5, 5.41) is 12.7. The van der Waals surface area contributed by atoms with E-state index in [9.17, 15) is 14.7 Å². The summed E-state index contributed by atoms with van der Waals surface area (Å²) in [5.41, 5.74) is 1.68. The maximum absolute atomic E-state index is 13.8. The third kappa shape index (κ3) is 4.09. The first-order chi connectivity index (χ1) is 17.3. The van der Waals surface area contributed by atoms with Crippen molar-refractivity contribution in [2.75, 3.05) is 11.5 Å². The molecule has 7 nitrogen and oxygen atoms in total. The van der Waals surface area contributed by atoms with E-state index in [2.05, 4.69) is 16.5 Å². The van der Waals surface area contributed by atoms with Crippen LogP contribution in [0.1, 0.15) is 32.0 Å². The molecule has 1 N–H and O–H groups in total. The number of carbonyl (C=O) groups is 2. The number of ketones is 1. The van der Waals surface area contributed by atoms with Crippen LogP contribution in [0.2, 0.25) is 5.02 Å². The Hall–Kier alpha value is -3.53. The fourth-order valence-corrected chi connectivity index (χ4v) is 6.31. The van der Waals surface area contributed by atoms with E-state index in [4.69, 9.17) is 16.3 Å². The number of thiazole rings is 2. The van der Waals surface area contributed by atoms with Gasteiger partial charge in [0.15, 0.2) is 10.9 Å². The summed E-state index contributed by atoms with van der Waals surface area (Å²) in [6.07, 6.45) is 1.61. The number of anilines is 1. The minimum atomic E-state index is -0.969. The van der Waals surface area contributed by atoms with Crippen LogP contribution in [-0.2, 0) is 4.79 Å². The number of aliphatic hydroxyl groups excluding tert-OH is 1. The van der Waals surface area contributed by atoms with Gasteiger partial charge in [0.25, 0.3) is 5.91 Å². The molecular formula is C26H20ClN3O4S2. The lowest BCUT2D eigenvalue weighted by molar-refractivity contribution is -0.117. The number of para-hydroxylation sites is 1. The van der Waals surface area contributed by atoms with Crippen LogP contribution in [0, 0.1) is 13.8 Å². The van der Waals surface area contributed by atoms with Crippen molar-refractivity contribution in [1.82, 2.24) is 9.97 Å². The Balaban J connectivity index is 1.71. The first-order valence-corrected chi connectivity index (χ1v) is 13.0. The van der Waals surface area contributed by atoms with Crippen LogP contribution < -0.4 is 9.64 Å². The van der Waals surface area contributed by atoms with E-state index in [0.29, 0.717) is 42.6 Å². The lowest BCUT2D eigenvalue weighted by Crippen LogP contribution is -2.31. The summed E-state index contributed by atoms with van der Waals surface area (Å²) in [5.74, 6) is -1.34. The number of aromatic nitrogens is 2. The molecule has 3 heterocycles. The molecular weight excluding hydrogens is 518 g/mol. The van der Waals surface area contributed by atoms with Gasteiger partial charge in [-0.3, -0.25) is 14.5 Å². The molecule has 0 saturated heterocycles. The van der Waals surface area contributed by atoms with Crippen LogP contribution in [0.4, 0.5) is 5.13 Å². The summed E-state index contributed by atoms with van der Waals surface area (Å²) in [6, 6.07) is 11.4. The number of rotatable bonds is 7. The molecule has 2 aromatic heterocycles. The second-order valence-corrected chi connectivity index (χ2v) is 10.7. The van der Waals surface area contributed by atoms with Gasteiger partial charge < -0.3 is 9.84 Å². The van der Waals surface area contributed by atoms with Gasteiger partial charge in [-0.05, 0) is 38.1 Å². The molecule has 182 valence electrons. The molecule has 1 atom stereocenters. The van der Waals surface area contributed by atoms with Gasteiger partial charge in [0, 0.05) is 10.6 Å². The highest BCUT2D eigenvalue weighted by atomic mass is 35.5. The van der Waals surface area contributed by atoms with E-state index in [0.717, 1.165) is 4.70 Å². The Morgan fingerprint density at radius 1 is 1.22 bits per heavy atom. The molecule has 1 unspecified atom stereocenters. The Morgan fingerprint density at radius 3 is 2.72 bits per heavy atom. The van der Waals surface area contributed by atoms with E-state index in [1.54, 1.807) is 62.4 Å². The van der Waals surface area contributed by atoms with E-state index in [1.807, 2.05) is 0 Å². The van der Waals surface area contributed by atoms with Crippen molar-refractivity contribution in [3.8, 4) is 5.75 Å². The van der Waals surface area contributed by atoms with E-state index in [1.165, 1.54) is 27.6 Å². The van der Waals surface area contributed by atoms with Crippen molar-refractivity contribution >= 4 is 61.3 Å². The molecule has 0 aliphatic carbocycles. The largest absolute Gasteiger partial charge is 0.503 e. The molecule has 2 aromatic carbocycles. The number of hydrogen-bond acceptors (Lipinski definition) is 8. The topological polar surface area (TPSA) is 92.6 Å². The first kappa shape index (κ1) is 24.2. The standard InChI is InChI=1S/C26H20ClN3O4S2/c1-4-11-34-18-8-6-5-7-16(18)21-20(22(31)24-13(2)28-14(3)35-24)23(32)25(33)30(21)26-29-17-10-9-15(27)12-19(17)36-26/h4-10,12,21,32H,1,11H2,2-3H3. The summed E-state index contributed by atoms with van der Waals surface area (Å²) < 4.78 is 6.65. The van der Waals surface area contributed by atoms with Crippen LogP contribution in [0.15, 0.2) is 66.5 Å². The molecule has 36 heavy (non-hydrogen) atoms. The van der Waals surface area contributed by atoms with Gasteiger partial charge in [-0.2, -0.15) is 0 Å². The van der Waals surface area contributed by atoms with Crippen molar-refractivity contribution < 1.29 is 19.4 Å². The molecule has 4 aromatic rings. The van der Waals surface area contributed by atoms with Crippen LogP contribution in [-0.4, -0.2) is 33.4 Å². The van der Waals surface area contributed by atoms with E-state index in [-0.39, 0.29) is 12.2 Å². The van der Waals surface area contributed by atoms with Crippen LogP contribution in [0.25, 0.3) is 10.2 Å². The highest BCUT2D eigenvalue weighted by molar-refractivity contribution is 7.22. The number of Topliss-reactive ketones (excluding diaryl/α,β-unsaturated/α-hetero) is 1. The predicted octanol–water partition coefficient (Wildman–Crippen LogP) is 6.37. The lowest BCUT2D eigenvalue weighted by Gasteiger charge is -2.26. The highest BCUT2D eigenvalue weighted by Crippen LogP contribution is 2.47. The number of benzene rings is 2. The number of aliphatic hydroxyl groups is 1. The Labute approximate surface area is 220 Å². The molecule has 1 aliphatic rings. The van der Waals surface area contributed by atoms with Crippen LogP contribution in [0.5, 0.6) is 5.75 Å². The number of halogens is 1. The summed E-state index contributed by atoms with van der Waals surface area (Å²) in [6.45, 7) is 7.46. The quantitative estimate of drug-likeness (QED) is 0.217. The molecule has 0 radical (unpaired) electrons. The minimum absolute atomic E-state index is 0.0429. The van der Waals surface area contributed by atoms with Crippen LogP contribution >= 0.6 is 34.3 Å². The third-order valence-electron chi connectivity index (χ3n) is 5.68. The van der Waals surface area contributed by atoms with Gasteiger partial charge in [-0.1, -0.05) is 53.8 Å². The Bertz CT molecular complexity index is 1570. The van der Waals surface area contributed by atoms with E-state index < -0.39 is 23.5 Å². The molecule has 5 rings (SSSR count). The zero-order valence-corrected chi connectivity index (χ0v) is 21.7. The number of ether oxygens (including phenoxy) is 1. The number of nitrogens with zero attached hydrogens (tertiary/aromatic N) is 3. The summed E-state index contributed by atoms with van der Waals surface area (Å²) >= 11 is 8.63. The van der Waals surface area contributed by atoms with Crippen molar-refractivity contribution in [3.63, 3.8) is 0 Å². The molecule has 0 fully saturated rings. The van der Waals surface area contributed by atoms with Crippen molar-refractivity contribution in [3.05, 3.63) is 92.6 Å². The average Bonchev–Trinajstić information content (AvgIpc) is 3.50. The number of fused-ring (bicyclic) bond motifs is 1. The normalized spacial score (nSPS) is 15.7. The van der Waals surface area contributed by atoms with Crippen molar-refractivity contribution in [2.45, 2.75) is 19.9 Å². The van der Waals surface area contributed by atoms with Gasteiger partial charge >= 0.3 is 0 Å². The Kier molecular flexibility index (Phi) is 6.38. The number of aryl methyl sites for hydroxylation is 2. The number of carbonyl (C=O) groups excluding carboxylic acids is 2. The molecule has 0 saturated carbocycles. The second-order valence-electron chi connectivity index (χ2n) is 8.06. The second kappa shape index (κ2) is 9.50. The zero-order chi connectivity index (χ0) is 25.6. The highest BCUT2D eigenvalue weighted by Gasteiger charge is 2.47. The first-order valence-electron chi connectivity index (χ1n) is 10.9. The van der Waals surface area contributed by atoms with Crippen molar-refractivity contribution in [2.24, 2.45) is 0 Å². The third-order valence-corrected chi connectivity index (χ3v) is 8.00. The van der Waals surface area contributed by atoms with Gasteiger partial charge in [-0.25, -0.2) is 9.97 Å². The fraction of sp³-hybridized carbons (Fsp3) is 0.154. The zero-order valence-electron chi connectivity index (χ0n) is 19.3. The van der Waals surface area contributed by atoms with E-state index >= 15 is 0 Å². The van der Waals surface area contributed by atoms with Gasteiger partial charge in [0.05, 0.1) is 31.4 Å². The lowest BCUT2D eigenvalue weighted by atomic mass is 9.94. The molecule has 0 bridgehead atoms. The average molecular weight is 538 g/mol. The maximum atomic E-state index is 13.8. The summed E-state index contributed by atoms with van der Waals surface area (Å²) in [7, 11) is 0. The van der Waals surface area contributed by atoms with Crippen LogP contribution in [0.3, 0.4) is 0 Å². The maximum Gasteiger partial charge on any atom is 0.296 e. The summed E-state index contributed by atoms with van der Waals surface area (Å²) in [4.78, 5) is 38.1. The molecule has 1 amide bonds. The van der Waals surface area contributed by atoms with Gasteiger partial charge in [0.1, 0.15) is 18.4 Å². The molecule has 10 heteroatoms. The molecule has 0 spiro atoms. The monoisotopic (exact) mass is 537 g/mol. The minimum Gasteiger partial charge on any atom is -0.503 e. The van der Waals surface area contributed by atoms with Crippen molar-refractivity contribution in [1.29, 1.82) is 0 Å². The van der Waals surface area contributed by atoms with Gasteiger partial charge in [-0.15, -0.1) is 11.3 Å². The van der Waals surface area contributed by atoms with Gasteiger partial charge in [0.2, 0.25) is 5.78 Å². The smallest absolute Gasteiger partial charge is 0.296 e. The predicted molar refractivity (Wildman–Crippen MR) is 143 cm³/mol. The molecule has 1 aliphatic heterocycles. The Morgan fingerprint density at radius 2 is 2.00 bits per heavy atom. The number of amides is 1. The fourth-order valence-electron chi connectivity index (χ4n) is 4.17.